The second-order valence-corrected chi connectivity index (χ2v) is 2.64. The number of ether oxygens (including phenoxy) is 2. The molecule has 0 bridgehead atoms. The standard InChI is InChI=1S/C9H14O3/c1-7(2)5-11-6-12-9(10)8(3)4/h1,3,5-6H2,2,4H3. The van der Waals surface area contributed by atoms with Crippen LogP contribution in [0.3, 0.4) is 0 Å². The molecule has 0 atom stereocenters. The Morgan fingerprint density at radius 1 is 1.33 bits per heavy atom. The van der Waals surface area contributed by atoms with Crippen molar-refractivity contribution in [3.8, 4) is 0 Å². The molecule has 0 aliphatic carbocycles. The van der Waals surface area contributed by atoms with Crippen LogP contribution in [0.2, 0.25) is 0 Å². The minimum atomic E-state index is -0.434. The Bertz CT molecular complexity index is 194. The SMILES string of the molecule is C=C(C)COCOC(=O)C(=C)C. The molecule has 0 heterocycles. The van der Waals surface area contributed by atoms with E-state index < -0.39 is 5.97 Å². The summed E-state index contributed by atoms with van der Waals surface area (Å²) in [6.07, 6.45) is 0. The van der Waals surface area contributed by atoms with Crippen LogP contribution in [0, 0.1) is 0 Å². The third-order valence-electron chi connectivity index (χ3n) is 0.970. The molecular formula is C9H14O3. The number of rotatable bonds is 5. The minimum absolute atomic E-state index is 0.0431. The van der Waals surface area contributed by atoms with Gasteiger partial charge in [0.05, 0.1) is 6.61 Å². The van der Waals surface area contributed by atoms with Crippen molar-refractivity contribution in [2.75, 3.05) is 13.4 Å². The molecule has 68 valence electrons. The molecule has 0 aromatic rings. The van der Waals surface area contributed by atoms with Gasteiger partial charge in [-0.25, -0.2) is 4.79 Å². The lowest BCUT2D eigenvalue weighted by Crippen LogP contribution is -2.09. The molecular weight excluding hydrogens is 156 g/mol. The van der Waals surface area contributed by atoms with Crippen LogP contribution < -0.4 is 0 Å². The maximum Gasteiger partial charge on any atom is 0.335 e. The molecule has 0 aliphatic heterocycles. The summed E-state index contributed by atoms with van der Waals surface area (Å²) in [5.74, 6) is -0.434. The zero-order chi connectivity index (χ0) is 9.56. The topological polar surface area (TPSA) is 35.5 Å². The average Bonchev–Trinajstić information content (AvgIpc) is 1.97. The highest BCUT2D eigenvalue weighted by Gasteiger charge is 2.01. The highest BCUT2D eigenvalue weighted by Crippen LogP contribution is 1.93. The second-order valence-electron chi connectivity index (χ2n) is 2.64. The van der Waals surface area contributed by atoms with Crippen molar-refractivity contribution in [3.05, 3.63) is 24.3 Å². The van der Waals surface area contributed by atoms with Crippen LogP contribution in [0.5, 0.6) is 0 Å². The van der Waals surface area contributed by atoms with E-state index in [9.17, 15) is 4.79 Å². The van der Waals surface area contributed by atoms with E-state index in [4.69, 9.17) is 4.74 Å². The maximum atomic E-state index is 10.8. The Hall–Kier alpha value is -1.09. The Morgan fingerprint density at radius 2 is 1.92 bits per heavy atom. The van der Waals surface area contributed by atoms with Crippen molar-refractivity contribution in [3.63, 3.8) is 0 Å². The van der Waals surface area contributed by atoms with Crippen LogP contribution in [0.4, 0.5) is 0 Å². The Labute approximate surface area is 72.7 Å². The highest BCUT2D eigenvalue weighted by atomic mass is 16.7. The molecule has 0 spiro atoms. The molecule has 0 aromatic carbocycles. The van der Waals surface area contributed by atoms with Crippen molar-refractivity contribution in [2.24, 2.45) is 0 Å². The van der Waals surface area contributed by atoms with Gasteiger partial charge in [-0.05, 0) is 13.8 Å². The first-order valence-electron chi connectivity index (χ1n) is 3.58. The van der Waals surface area contributed by atoms with Crippen LogP contribution in [-0.4, -0.2) is 19.4 Å². The van der Waals surface area contributed by atoms with E-state index in [-0.39, 0.29) is 6.79 Å². The van der Waals surface area contributed by atoms with Crippen LogP contribution in [0.15, 0.2) is 24.3 Å². The van der Waals surface area contributed by atoms with Gasteiger partial charge in [-0.15, -0.1) is 0 Å². The number of carbonyl (C=O) groups excluding carboxylic acids is 1. The van der Waals surface area contributed by atoms with Crippen molar-refractivity contribution < 1.29 is 14.3 Å². The Kier molecular flexibility index (Phi) is 5.04. The zero-order valence-corrected chi connectivity index (χ0v) is 7.55. The summed E-state index contributed by atoms with van der Waals surface area (Å²) in [5.41, 5.74) is 1.26. The van der Waals surface area contributed by atoms with Crippen molar-refractivity contribution >= 4 is 5.97 Å². The van der Waals surface area contributed by atoms with Crippen LogP contribution >= 0.6 is 0 Å². The third kappa shape index (κ3) is 5.68. The fourth-order valence-corrected chi connectivity index (χ4v) is 0.434. The lowest BCUT2D eigenvalue weighted by atomic mass is 10.4. The van der Waals surface area contributed by atoms with Gasteiger partial charge in [-0.1, -0.05) is 18.7 Å². The molecule has 3 nitrogen and oxygen atoms in total. The smallest absolute Gasteiger partial charge is 0.335 e. The van der Waals surface area contributed by atoms with Gasteiger partial charge in [0, 0.05) is 5.57 Å². The van der Waals surface area contributed by atoms with E-state index in [0.29, 0.717) is 12.2 Å². The van der Waals surface area contributed by atoms with E-state index in [0.717, 1.165) is 5.57 Å². The van der Waals surface area contributed by atoms with E-state index >= 15 is 0 Å². The molecule has 0 saturated heterocycles. The van der Waals surface area contributed by atoms with Gasteiger partial charge >= 0.3 is 5.97 Å². The molecule has 0 N–H and O–H groups in total. The van der Waals surface area contributed by atoms with Crippen LogP contribution in [-0.2, 0) is 14.3 Å². The van der Waals surface area contributed by atoms with E-state index in [2.05, 4.69) is 17.9 Å². The van der Waals surface area contributed by atoms with Crippen molar-refractivity contribution in [1.29, 1.82) is 0 Å². The summed E-state index contributed by atoms with van der Waals surface area (Å²) >= 11 is 0. The third-order valence-corrected chi connectivity index (χ3v) is 0.970. The first-order valence-corrected chi connectivity index (χ1v) is 3.58. The maximum absolute atomic E-state index is 10.8. The summed E-state index contributed by atoms with van der Waals surface area (Å²) in [6, 6.07) is 0. The predicted octanol–water partition coefficient (Wildman–Crippen LogP) is 1.66. The normalized spacial score (nSPS) is 9.17. The van der Waals surface area contributed by atoms with E-state index in [1.54, 1.807) is 6.92 Å². The molecule has 0 amide bonds. The first kappa shape index (κ1) is 10.9. The number of hydrogen-bond donors (Lipinski definition) is 0. The summed E-state index contributed by atoms with van der Waals surface area (Å²) < 4.78 is 9.58. The highest BCUT2D eigenvalue weighted by molar-refractivity contribution is 5.86. The number of hydrogen-bond acceptors (Lipinski definition) is 3. The lowest BCUT2D eigenvalue weighted by Gasteiger charge is -2.04. The Morgan fingerprint density at radius 3 is 2.33 bits per heavy atom. The summed E-state index contributed by atoms with van der Waals surface area (Å²) in [7, 11) is 0. The molecule has 0 aromatic heterocycles. The summed E-state index contributed by atoms with van der Waals surface area (Å²) in [5, 5.41) is 0. The fourth-order valence-electron chi connectivity index (χ4n) is 0.434. The van der Waals surface area contributed by atoms with Gasteiger partial charge in [0.1, 0.15) is 0 Å². The minimum Gasteiger partial charge on any atom is -0.435 e. The molecule has 0 fully saturated rings. The van der Waals surface area contributed by atoms with Gasteiger partial charge in [0.25, 0.3) is 0 Å². The van der Waals surface area contributed by atoms with Gasteiger partial charge in [-0.2, -0.15) is 0 Å². The molecule has 0 unspecified atom stereocenters. The monoisotopic (exact) mass is 170 g/mol. The number of carbonyl (C=O) groups is 1. The van der Waals surface area contributed by atoms with E-state index in [1.165, 1.54) is 0 Å². The molecule has 0 radical (unpaired) electrons. The molecule has 0 aliphatic rings. The molecule has 0 rings (SSSR count). The van der Waals surface area contributed by atoms with Crippen molar-refractivity contribution in [1.82, 2.24) is 0 Å². The average molecular weight is 170 g/mol. The fraction of sp³-hybridized carbons (Fsp3) is 0.444. The predicted molar refractivity (Wildman–Crippen MR) is 46.5 cm³/mol. The van der Waals surface area contributed by atoms with Crippen LogP contribution in [0.1, 0.15) is 13.8 Å². The van der Waals surface area contributed by atoms with Gasteiger partial charge in [0.15, 0.2) is 6.79 Å². The number of esters is 1. The van der Waals surface area contributed by atoms with Crippen molar-refractivity contribution in [2.45, 2.75) is 13.8 Å². The molecule has 3 heteroatoms. The van der Waals surface area contributed by atoms with Crippen LogP contribution in [0.25, 0.3) is 0 Å². The van der Waals surface area contributed by atoms with E-state index in [1.807, 2.05) is 6.92 Å². The second kappa shape index (κ2) is 5.55. The van der Waals surface area contributed by atoms with Gasteiger partial charge in [-0.3, -0.25) is 0 Å². The largest absolute Gasteiger partial charge is 0.435 e. The van der Waals surface area contributed by atoms with Gasteiger partial charge in [0.2, 0.25) is 0 Å². The Balaban J connectivity index is 3.38. The lowest BCUT2D eigenvalue weighted by molar-refractivity contribution is -0.150. The molecule has 0 saturated carbocycles. The summed E-state index contributed by atoms with van der Waals surface area (Å²) in [6.45, 7) is 10.8. The summed E-state index contributed by atoms with van der Waals surface area (Å²) in [4.78, 5) is 10.8. The molecule has 12 heavy (non-hydrogen) atoms. The first-order chi connectivity index (χ1) is 5.54. The zero-order valence-electron chi connectivity index (χ0n) is 7.55. The quantitative estimate of drug-likeness (QED) is 0.207. The van der Waals surface area contributed by atoms with Gasteiger partial charge < -0.3 is 9.47 Å².